The predicted octanol–water partition coefficient (Wildman–Crippen LogP) is 1.79. The number of aromatic nitrogens is 1. The molecular formula is C11H16F3N3O2. The molecule has 0 aromatic carbocycles. The molecule has 0 saturated heterocycles. The van der Waals surface area contributed by atoms with E-state index in [0.717, 1.165) is 6.42 Å². The molecule has 1 atom stereocenters. The van der Waals surface area contributed by atoms with Gasteiger partial charge in [-0.15, -0.1) is 0 Å². The van der Waals surface area contributed by atoms with Crippen molar-refractivity contribution >= 4 is 11.5 Å². The molecule has 1 unspecified atom stereocenters. The van der Waals surface area contributed by atoms with Gasteiger partial charge in [0.15, 0.2) is 6.10 Å². The van der Waals surface area contributed by atoms with Crippen molar-refractivity contribution in [3.8, 4) is 5.88 Å². The minimum Gasteiger partial charge on any atom is -0.476 e. The maximum absolute atomic E-state index is 12.1. The van der Waals surface area contributed by atoms with Crippen LogP contribution >= 0.6 is 0 Å². The average molecular weight is 279 g/mol. The van der Waals surface area contributed by atoms with E-state index in [2.05, 4.69) is 10.3 Å². The van der Waals surface area contributed by atoms with Crippen LogP contribution in [0.25, 0.3) is 0 Å². The van der Waals surface area contributed by atoms with E-state index in [-0.39, 0.29) is 11.7 Å². The largest absolute Gasteiger partial charge is 0.476 e. The van der Waals surface area contributed by atoms with Crippen molar-refractivity contribution in [2.45, 2.75) is 25.6 Å². The Bertz CT molecular complexity index is 413. The minimum absolute atomic E-state index is 0.156. The second-order valence-corrected chi connectivity index (χ2v) is 3.88. The lowest BCUT2D eigenvalue weighted by atomic mass is 10.3. The maximum Gasteiger partial charge on any atom is 0.416 e. The van der Waals surface area contributed by atoms with Crippen molar-refractivity contribution < 1.29 is 23.0 Å². The SMILES string of the molecule is CCCOc1nc(NCC(O)C(F)(F)F)ccc1N. The molecular weight excluding hydrogens is 263 g/mol. The zero-order chi connectivity index (χ0) is 14.5. The summed E-state index contributed by atoms with van der Waals surface area (Å²) in [6.45, 7) is 1.62. The summed E-state index contributed by atoms with van der Waals surface area (Å²) in [6, 6.07) is 2.89. The van der Waals surface area contributed by atoms with E-state index < -0.39 is 18.8 Å². The van der Waals surface area contributed by atoms with Crippen molar-refractivity contribution in [3.05, 3.63) is 12.1 Å². The summed E-state index contributed by atoms with van der Waals surface area (Å²) in [7, 11) is 0. The Morgan fingerprint density at radius 1 is 1.47 bits per heavy atom. The van der Waals surface area contributed by atoms with Crippen molar-refractivity contribution in [3.63, 3.8) is 0 Å². The Balaban J connectivity index is 2.64. The Hall–Kier alpha value is -1.70. The number of ether oxygens (including phenoxy) is 1. The van der Waals surface area contributed by atoms with Crippen LogP contribution in [0.1, 0.15) is 13.3 Å². The first kappa shape index (κ1) is 15.4. The van der Waals surface area contributed by atoms with Gasteiger partial charge in [-0.05, 0) is 18.6 Å². The van der Waals surface area contributed by atoms with Crippen LogP contribution in [0.3, 0.4) is 0 Å². The molecule has 1 aromatic rings. The van der Waals surface area contributed by atoms with Crippen molar-refractivity contribution in [2.75, 3.05) is 24.2 Å². The van der Waals surface area contributed by atoms with Gasteiger partial charge >= 0.3 is 6.18 Å². The number of nitrogens with two attached hydrogens (primary N) is 1. The summed E-state index contributed by atoms with van der Waals surface area (Å²) < 4.78 is 41.6. The van der Waals surface area contributed by atoms with Gasteiger partial charge in [0, 0.05) is 0 Å². The molecule has 19 heavy (non-hydrogen) atoms. The Morgan fingerprint density at radius 2 is 2.16 bits per heavy atom. The number of nitrogen functional groups attached to an aromatic ring is 1. The number of alkyl halides is 3. The number of hydrogen-bond donors (Lipinski definition) is 3. The number of nitrogens with zero attached hydrogens (tertiary/aromatic N) is 1. The molecule has 0 aliphatic heterocycles. The lowest BCUT2D eigenvalue weighted by molar-refractivity contribution is -0.198. The summed E-state index contributed by atoms with van der Waals surface area (Å²) >= 11 is 0. The molecule has 1 aromatic heterocycles. The zero-order valence-electron chi connectivity index (χ0n) is 10.4. The van der Waals surface area contributed by atoms with E-state index >= 15 is 0 Å². The summed E-state index contributed by atoms with van der Waals surface area (Å²) in [6.07, 6.45) is -6.36. The smallest absolute Gasteiger partial charge is 0.416 e. The van der Waals surface area contributed by atoms with E-state index in [0.29, 0.717) is 12.3 Å². The van der Waals surface area contributed by atoms with Crippen LogP contribution in [-0.2, 0) is 0 Å². The number of anilines is 2. The topological polar surface area (TPSA) is 80.4 Å². The highest BCUT2D eigenvalue weighted by Gasteiger charge is 2.37. The predicted molar refractivity (Wildman–Crippen MR) is 65.0 cm³/mol. The van der Waals surface area contributed by atoms with Gasteiger partial charge in [0.25, 0.3) is 0 Å². The summed E-state index contributed by atoms with van der Waals surface area (Å²) in [4.78, 5) is 3.93. The number of nitrogens with one attached hydrogen (secondary N) is 1. The van der Waals surface area contributed by atoms with E-state index in [4.69, 9.17) is 15.6 Å². The normalized spacial score (nSPS) is 13.1. The molecule has 0 aliphatic rings. The van der Waals surface area contributed by atoms with Gasteiger partial charge in [0.05, 0.1) is 18.8 Å². The van der Waals surface area contributed by atoms with Crippen LogP contribution in [0.15, 0.2) is 12.1 Å². The third-order valence-electron chi connectivity index (χ3n) is 2.19. The van der Waals surface area contributed by atoms with E-state index in [9.17, 15) is 13.2 Å². The number of aliphatic hydroxyl groups excluding tert-OH is 1. The van der Waals surface area contributed by atoms with Crippen LogP contribution in [-0.4, -0.2) is 35.5 Å². The third kappa shape index (κ3) is 4.82. The van der Waals surface area contributed by atoms with Crippen LogP contribution in [0.5, 0.6) is 5.88 Å². The highest BCUT2D eigenvalue weighted by atomic mass is 19.4. The zero-order valence-corrected chi connectivity index (χ0v) is 10.4. The number of hydrogen-bond acceptors (Lipinski definition) is 5. The fourth-order valence-electron chi connectivity index (χ4n) is 1.18. The molecule has 1 rings (SSSR count). The van der Waals surface area contributed by atoms with E-state index in [1.807, 2.05) is 6.92 Å². The summed E-state index contributed by atoms with van der Waals surface area (Å²) in [5.74, 6) is 0.317. The van der Waals surface area contributed by atoms with Gasteiger partial charge in [-0.3, -0.25) is 0 Å². The van der Waals surface area contributed by atoms with Gasteiger partial charge in [-0.1, -0.05) is 6.92 Å². The van der Waals surface area contributed by atoms with Crippen LogP contribution < -0.4 is 15.8 Å². The first-order valence-electron chi connectivity index (χ1n) is 5.72. The molecule has 5 nitrogen and oxygen atoms in total. The number of rotatable bonds is 6. The third-order valence-corrected chi connectivity index (χ3v) is 2.19. The Kier molecular flexibility index (Phi) is 5.22. The van der Waals surface area contributed by atoms with Crippen molar-refractivity contribution in [2.24, 2.45) is 0 Å². The van der Waals surface area contributed by atoms with Crippen molar-refractivity contribution in [1.29, 1.82) is 0 Å². The Labute approximate surface area is 108 Å². The Morgan fingerprint density at radius 3 is 2.74 bits per heavy atom. The second kappa shape index (κ2) is 6.46. The van der Waals surface area contributed by atoms with Crippen molar-refractivity contribution in [1.82, 2.24) is 4.98 Å². The number of aliphatic hydroxyl groups is 1. The molecule has 4 N–H and O–H groups in total. The first-order chi connectivity index (χ1) is 8.84. The van der Waals surface area contributed by atoms with E-state index in [1.165, 1.54) is 12.1 Å². The van der Waals surface area contributed by atoms with Crippen LogP contribution in [0, 0.1) is 0 Å². The van der Waals surface area contributed by atoms with Crippen LogP contribution in [0.4, 0.5) is 24.7 Å². The molecule has 8 heteroatoms. The van der Waals surface area contributed by atoms with Gasteiger partial charge in [0.2, 0.25) is 5.88 Å². The highest BCUT2D eigenvalue weighted by Crippen LogP contribution is 2.23. The molecule has 108 valence electrons. The molecule has 0 amide bonds. The van der Waals surface area contributed by atoms with Gasteiger partial charge < -0.3 is 20.9 Å². The lowest BCUT2D eigenvalue weighted by Gasteiger charge is -2.16. The van der Waals surface area contributed by atoms with Crippen LogP contribution in [0.2, 0.25) is 0 Å². The molecule has 1 heterocycles. The summed E-state index contributed by atoms with van der Waals surface area (Å²) in [5, 5.41) is 11.2. The summed E-state index contributed by atoms with van der Waals surface area (Å²) in [5.41, 5.74) is 5.91. The molecule has 0 saturated carbocycles. The quantitative estimate of drug-likeness (QED) is 0.739. The molecule has 0 radical (unpaired) electrons. The molecule has 0 fully saturated rings. The number of pyridine rings is 1. The lowest BCUT2D eigenvalue weighted by Crippen LogP contribution is -2.35. The monoisotopic (exact) mass is 279 g/mol. The van der Waals surface area contributed by atoms with Gasteiger partial charge in [-0.2, -0.15) is 18.2 Å². The van der Waals surface area contributed by atoms with Gasteiger partial charge in [0.1, 0.15) is 5.82 Å². The van der Waals surface area contributed by atoms with E-state index in [1.54, 1.807) is 0 Å². The number of halogens is 3. The second-order valence-electron chi connectivity index (χ2n) is 3.88. The maximum atomic E-state index is 12.1. The molecule has 0 spiro atoms. The van der Waals surface area contributed by atoms with Gasteiger partial charge in [-0.25, -0.2) is 0 Å². The minimum atomic E-state index is -4.66. The fourth-order valence-corrected chi connectivity index (χ4v) is 1.18. The first-order valence-corrected chi connectivity index (χ1v) is 5.72. The highest BCUT2D eigenvalue weighted by molar-refractivity contribution is 5.53. The fraction of sp³-hybridized carbons (Fsp3) is 0.545. The standard InChI is InChI=1S/C11H16F3N3O2/c1-2-5-19-10-7(15)3-4-9(17-10)16-6-8(18)11(12,13)14/h3-4,8,18H,2,5-6,15H2,1H3,(H,16,17). The molecule has 0 bridgehead atoms. The average Bonchev–Trinajstić information content (AvgIpc) is 2.34. The molecule has 0 aliphatic carbocycles.